The Bertz CT molecular complexity index is 4480. The van der Waals surface area contributed by atoms with Crippen LogP contribution in [-0.4, -0.2) is 57.0 Å². The highest BCUT2D eigenvalue weighted by Crippen LogP contribution is 2.50. The fourth-order valence-corrected chi connectivity index (χ4v) is 13.4. The number of ether oxygens (including phenoxy) is 3. The minimum Gasteiger partial charge on any atom is -0.460 e. The number of aryl methyl sites for hydroxylation is 3. The number of nitrogen functional groups attached to an aromatic ring is 2. The second-order valence-corrected chi connectivity index (χ2v) is 32.3. The Balaban J connectivity index is 0.000000180. The van der Waals surface area contributed by atoms with E-state index in [1.54, 1.807) is 122 Å². The SMILES string of the molecule is CC(C)(C)OC(=O)C[C@@H](c1ccc(Cl)cc1F)C1CC1.Cc1cc(C(=O)c2c(Cl)ccc([C@H](CC(=O)OC(C)(C)C)C3CC3)c2F)ccc1N.Cc1cc(C(=O)c2c(Cl)ccc([C@H](CC(=O)OC(C)(C)C)C3CC3)c2F)ccc1[N+](=O)[O-].Cc1cc(C(=O)c2c(Cl)ccc([C@H](N)C3CC3)c2F)ccc1N. The zero-order chi connectivity index (χ0) is 77.6. The van der Waals surface area contributed by atoms with Crippen molar-refractivity contribution in [2.45, 2.75) is 194 Å². The summed E-state index contributed by atoms with van der Waals surface area (Å²) in [6, 6.07) is 27.0. The molecular formula is C82H90Cl4F4N4O11. The number of nitro groups is 1. The maximum atomic E-state index is 15.6. The van der Waals surface area contributed by atoms with E-state index in [-0.39, 0.29) is 121 Å². The molecule has 4 aliphatic rings. The molecule has 6 N–H and O–H groups in total. The number of benzene rings is 7. The van der Waals surface area contributed by atoms with Crippen LogP contribution in [-0.2, 0) is 28.6 Å². The number of halogens is 8. The first-order valence-electron chi connectivity index (χ1n) is 34.9. The van der Waals surface area contributed by atoms with E-state index in [0.29, 0.717) is 50.1 Å². The van der Waals surface area contributed by atoms with Gasteiger partial charge in [-0.2, -0.15) is 0 Å². The first kappa shape index (κ1) is 82.5. The molecule has 7 aromatic carbocycles. The number of esters is 3. The van der Waals surface area contributed by atoms with Crippen molar-refractivity contribution in [1.29, 1.82) is 0 Å². The highest BCUT2D eigenvalue weighted by molar-refractivity contribution is 6.36. The van der Waals surface area contributed by atoms with Crippen LogP contribution in [0.5, 0.6) is 0 Å². The number of anilines is 2. The van der Waals surface area contributed by atoms with Crippen LogP contribution in [0.4, 0.5) is 34.6 Å². The van der Waals surface area contributed by atoms with E-state index in [1.165, 1.54) is 49.4 Å². The summed E-state index contributed by atoms with van der Waals surface area (Å²) in [5.41, 5.74) is 20.4. The number of carbonyl (C=O) groups excluding carboxylic acids is 6. The molecule has 0 aliphatic heterocycles. The summed E-state index contributed by atoms with van der Waals surface area (Å²) >= 11 is 24.3. The smallest absolute Gasteiger partial charge is 0.306 e. The molecule has 0 bridgehead atoms. The largest absolute Gasteiger partial charge is 0.460 e. The van der Waals surface area contributed by atoms with E-state index in [4.69, 9.17) is 77.8 Å². The average molecular weight is 1530 g/mol. The Morgan fingerprint density at radius 2 is 0.752 bits per heavy atom. The lowest BCUT2D eigenvalue weighted by Gasteiger charge is -2.23. The highest BCUT2D eigenvalue weighted by atomic mass is 35.5. The van der Waals surface area contributed by atoms with E-state index in [0.717, 1.165) is 62.5 Å². The lowest BCUT2D eigenvalue weighted by Crippen LogP contribution is -2.25. The van der Waals surface area contributed by atoms with Gasteiger partial charge >= 0.3 is 17.9 Å². The molecular weight excluding hydrogens is 1430 g/mol. The predicted molar refractivity (Wildman–Crippen MR) is 402 cm³/mol. The van der Waals surface area contributed by atoms with Crippen molar-refractivity contribution in [3.05, 3.63) is 235 Å². The van der Waals surface area contributed by atoms with Crippen LogP contribution in [0.1, 0.15) is 243 Å². The third-order valence-corrected chi connectivity index (χ3v) is 19.6. The van der Waals surface area contributed by atoms with Gasteiger partial charge in [-0.15, -0.1) is 0 Å². The summed E-state index contributed by atoms with van der Waals surface area (Å²) in [6.45, 7) is 21.3. The highest BCUT2D eigenvalue weighted by Gasteiger charge is 2.41. The summed E-state index contributed by atoms with van der Waals surface area (Å²) in [7, 11) is 0. The van der Waals surface area contributed by atoms with Crippen LogP contribution >= 0.6 is 46.4 Å². The van der Waals surface area contributed by atoms with Crippen molar-refractivity contribution in [3.63, 3.8) is 0 Å². The second-order valence-electron chi connectivity index (χ2n) is 30.6. The topological polar surface area (TPSA) is 251 Å². The van der Waals surface area contributed by atoms with Crippen LogP contribution in [0.15, 0.2) is 109 Å². The van der Waals surface area contributed by atoms with Crippen molar-refractivity contribution in [2.75, 3.05) is 11.5 Å². The van der Waals surface area contributed by atoms with Gasteiger partial charge in [-0.05, 0) is 265 Å². The van der Waals surface area contributed by atoms with Crippen molar-refractivity contribution >= 4 is 98.7 Å². The molecule has 0 spiro atoms. The standard InChI is InChI=1S/C24H25ClFNO5.C24H27ClFNO3.C18H18ClFN2O.C16H20ClFO2/c1-13-11-15(7-10-19(13)27(30)31)23(29)21-18(25)9-8-16(22(21)26)17(14-5-6-14)12-20(28)32-24(2,3)4;1-13-11-15(7-10-19(13)27)23(29)21-18(25)9-8-16(22(21)26)17(14-5-6-14)12-20(28)30-24(2,3)4;1-9-8-11(4-7-14(9)21)18(23)15-13(19)6-5-12(16(15)20)17(22)10-2-3-10;1-16(2,3)20-15(19)9-13(10-4-5-10)12-7-6-11(17)8-14(12)18/h7-11,14,17H,5-6,12H2,1-4H3;7-11,14,17H,5-6,12,27H2,1-4H3;4-8,10,17H,2-3,21-22H2,1H3;6-8,10,13H,4-5,9H2,1-3H3/t3*17-;13-/m1111/s1. The first-order chi connectivity index (χ1) is 49.0. The minimum absolute atomic E-state index is 0.00472. The van der Waals surface area contributed by atoms with Gasteiger partial charge in [0.05, 0.1) is 55.9 Å². The van der Waals surface area contributed by atoms with Gasteiger partial charge in [0.1, 0.15) is 40.1 Å². The fraction of sp³-hybridized carbons (Fsp3) is 0.415. The maximum absolute atomic E-state index is 15.6. The number of hydrogen-bond acceptors (Lipinski definition) is 14. The molecule has 15 nitrogen and oxygen atoms in total. The quantitative estimate of drug-likeness (QED) is 0.0115. The molecule has 0 saturated heterocycles. The molecule has 0 amide bonds. The van der Waals surface area contributed by atoms with Crippen molar-refractivity contribution in [2.24, 2.45) is 29.4 Å². The average Bonchev–Trinajstić information content (AvgIpc) is 1.69. The van der Waals surface area contributed by atoms with Gasteiger partial charge in [0.2, 0.25) is 0 Å². The zero-order valence-electron chi connectivity index (χ0n) is 61.0. The molecule has 560 valence electrons. The zero-order valence-corrected chi connectivity index (χ0v) is 64.0. The molecule has 4 atom stereocenters. The van der Waals surface area contributed by atoms with E-state index in [1.807, 2.05) is 20.8 Å². The molecule has 0 radical (unpaired) electrons. The number of nitrogens with two attached hydrogens (primary N) is 3. The van der Waals surface area contributed by atoms with E-state index in [9.17, 15) is 47.7 Å². The Hall–Kier alpha value is -8.20. The number of nitro benzene ring substituents is 1. The molecule has 4 saturated carbocycles. The van der Waals surface area contributed by atoms with Gasteiger partial charge < -0.3 is 31.4 Å². The van der Waals surface area contributed by atoms with E-state index >= 15 is 8.78 Å². The minimum atomic E-state index is -0.765. The number of hydrogen-bond donors (Lipinski definition) is 3. The van der Waals surface area contributed by atoms with Gasteiger partial charge in [0, 0.05) is 74.1 Å². The number of ketones is 3. The van der Waals surface area contributed by atoms with Crippen molar-refractivity contribution in [3.8, 4) is 0 Å². The van der Waals surface area contributed by atoms with Gasteiger partial charge in [0.25, 0.3) is 5.69 Å². The first-order valence-corrected chi connectivity index (χ1v) is 36.4. The normalized spacial score (nSPS) is 15.4. The van der Waals surface area contributed by atoms with Crippen LogP contribution < -0.4 is 17.2 Å². The summed E-state index contributed by atoms with van der Waals surface area (Å²) < 4.78 is 76.3. The number of nitrogens with zero attached hydrogens (tertiary/aromatic N) is 1. The van der Waals surface area contributed by atoms with Gasteiger partial charge in [-0.25, -0.2) is 17.6 Å². The third-order valence-electron chi connectivity index (χ3n) is 18.4. The van der Waals surface area contributed by atoms with E-state index < -0.39 is 74.5 Å². The Labute approximate surface area is 630 Å². The van der Waals surface area contributed by atoms with Crippen molar-refractivity contribution in [1.82, 2.24) is 0 Å². The Morgan fingerprint density at radius 3 is 1.06 bits per heavy atom. The Kier molecular flexibility index (Phi) is 26.8. The maximum Gasteiger partial charge on any atom is 0.306 e. The van der Waals surface area contributed by atoms with Crippen LogP contribution in [0.3, 0.4) is 0 Å². The van der Waals surface area contributed by atoms with E-state index in [2.05, 4.69) is 0 Å². The molecule has 0 aromatic heterocycles. The lowest BCUT2D eigenvalue weighted by molar-refractivity contribution is -0.385. The third kappa shape index (κ3) is 22.4. The number of rotatable bonds is 21. The summed E-state index contributed by atoms with van der Waals surface area (Å²) in [5.74, 6) is -5.00. The second kappa shape index (κ2) is 34.1. The molecule has 23 heteroatoms. The summed E-state index contributed by atoms with van der Waals surface area (Å²) in [5, 5.41) is 11.5. The van der Waals surface area contributed by atoms with Gasteiger partial charge in [0.15, 0.2) is 17.3 Å². The predicted octanol–water partition coefficient (Wildman–Crippen LogP) is 20.7. The number of carbonyl (C=O) groups is 6. The van der Waals surface area contributed by atoms with Crippen molar-refractivity contribution < 1.29 is 65.5 Å². The molecule has 11 rings (SSSR count). The summed E-state index contributed by atoms with van der Waals surface area (Å²) in [4.78, 5) is 86.2. The fourth-order valence-electron chi connectivity index (χ4n) is 12.5. The van der Waals surface area contributed by atoms with Gasteiger partial charge in [-0.3, -0.25) is 38.9 Å². The molecule has 4 aliphatic carbocycles. The Morgan fingerprint density at radius 1 is 0.448 bits per heavy atom. The molecule has 0 unspecified atom stereocenters. The summed E-state index contributed by atoms with van der Waals surface area (Å²) in [6.07, 6.45) is 7.89. The molecule has 4 fully saturated rings. The van der Waals surface area contributed by atoms with Crippen LogP contribution in [0.25, 0.3) is 0 Å². The molecule has 105 heavy (non-hydrogen) atoms. The molecule has 0 heterocycles. The van der Waals surface area contributed by atoms with Crippen LogP contribution in [0, 0.1) is 77.8 Å². The lowest BCUT2D eigenvalue weighted by atomic mass is 9.88. The van der Waals surface area contributed by atoms with Crippen LogP contribution in [0.2, 0.25) is 20.1 Å². The monoisotopic (exact) mass is 1520 g/mol. The van der Waals surface area contributed by atoms with Gasteiger partial charge in [-0.1, -0.05) is 70.7 Å². The molecule has 7 aromatic rings.